The van der Waals surface area contributed by atoms with Crippen molar-refractivity contribution >= 4 is 5.97 Å². The molecule has 0 saturated heterocycles. The monoisotopic (exact) mass is 336 g/mol. The van der Waals surface area contributed by atoms with Crippen LogP contribution >= 0.6 is 0 Å². The quantitative estimate of drug-likeness (QED) is 0.192. The van der Waals surface area contributed by atoms with Gasteiger partial charge >= 0.3 is 24.8 Å². The summed E-state index contributed by atoms with van der Waals surface area (Å²) < 4.78 is 0. The predicted octanol–water partition coefficient (Wildman–Crippen LogP) is -2.05. The van der Waals surface area contributed by atoms with Crippen molar-refractivity contribution in [3.63, 3.8) is 0 Å². The van der Waals surface area contributed by atoms with E-state index in [1.807, 2.05) is 6.92 Å². The summed E-state index contributed by atoms with van der Waals surface area (Å²) in [6, 6.07) is -0.657. The van der Waals surface area contributed by atoms with Crippen LogP contribution in [0.5, 0.6) is 0 Å². The Hall–Kier alpha value is -0.513. The Labute approximate surface area is 158 Å². The average Bonchev–Trinajstić information content (AvgIpc) is 2.52. The second-order valence-corrected chi connectivity index (χ2v) is 5.94. The Balaban J connectivity index is 0. The summed E-state index contributed by atoms with van der Waals surface area (Å²) in [5.41, 5.74) is 0. The number of carbonyl (C=O) groups is 1. The Bertz CT molecular complexity index is 353. The average molecular weight is 336 g/mol. The summed E-state index contributed by atoms with van der Waals surface area (Å²) in [7, 11) is 0. The molecule has 0 bridgehead atoms. The van der Waals surface area contributed by atoms with E-state index in [9.17, 15) is 20.1 Å². The van der Waals surface area contributed by atoms with Crippen molar-refractivity contribution in [3.05, 3.63) is 11.8 Å². The molecular formula is C17H33LiN2O4. The van der Waals surface area contributed by atoms with Gasteiger partial charge in [0, 0.05) is 26.2 Å². The first-order chi connectivity index (χ1) is 10.9. The first kappa shape index (κ1) is 25.7. The van der Waals surface area contributed by atoms with Crippen molar-refractivity contribution in [2.75, 3.05) is 26.2 Å². The fraction of sp³-hybridized carbons (Fsp3) is 0.824. The van der Waals surface area contributed by atoms with Crippen LogP contribution in [0.1, 0.15) is 52.9 Å². The molecule has 0 amide bonds. The molecule has 24 heavy (non-hydrogen) atoms. The smallest absolute Gasteiger partial charge is 0.875 e. The van der Waals surface area contributed by atoms with Gasteiger partial charge in [-0.2, -0.15) is 0 Å². The molecule has 0 spiro atoms. The first-order valence-corrected chi connectivity index (χ1v) is 8.64. The molecule has 0 aliphatic rings. The van der Waals surface area contributed by atoms with Crippen LogP contribution in [-0.2, 0) is 4.79 Å². The Morgan fingerprint density at radius 3 is 2.54 bits per heavy atom. The molecule has 0 saturated carbocycles. The number of nitrogens with one attached hydrogen (secondary N) is 1. The van der Waals surface area contributed by atoms with Gasteiger partial charge in [-0.25, -0.2) is 0 Å². The van der Waals surface area contributed by atoms with Gasteiger partial charge in [-0.15, -0.1) is 5.76 Å². The first-order valence-electron chi connectivity index (χ1n) is 8.64. The van der Waals surface area contributed by atoms with Gasteiger partial charge in [0.05, 0.1) is 6.10 Å². The van der Waals surface area contributed by atoms with E-state index in [2.05, 4.69) is 12.2 Å². The van der Waals surface area contributed by atoms with Gasteiger partial charge < -0.3 is 20.6 Å². The van der Waals surface area contributed by atoms with Gasteiger partial charge in [0.25, 0.3) is 0 Å². The third kappa shape index (κ3) is 12.9. The summed E-state index contributed by atoms with van der Waals surface area (Å²) in [4.78, 5) is 12.9. The molecule has 2 atom stereocenters. The zero-order chi connectivity index (χ0) is 17.7. The zero-order valence-electron chi connectivity index (χ0n) is 15.8. The molecule has 6 nitrogen and oxygen atoms in total. The number of hydrogen-bond donors (Lipinski definition) is 3. The summed E-state index contributed by atoms with van der Waals surface area (Å²) in [5.74, 6) is -0.840. The summed E-state index contributed by atoms with van der Waals surface area (Å²) >= 11 is 0. The van der Waals surface area contributed by atoms with E-state index in [0.717, 1.165) is 25.7 Å². The van der Waals surface area contributed by atoms with E-state index in [4.69, 9.17) is 0 Å². The van der Waals surface area contributed by atoms with Crippen LogP contribution in [0.4, 0.5) is 0 Å². The van der Waals surface area contributed by atoms with Gasteiger partial charge in [-0.3, -0.25) is 9.69 Å². The van der Waals surface area contributed by atoms with Gasteiger partial charge in [-0.05, 0) is 19.8 Å². The van der Waals surface area contributed by atoms with Crippen molar-refractivity contribution in [2.24, 2.45) is 0 Å². The van der Waals surface area contributed by atoms with Crippen molar-refractivity contribution in [2.45, 2.75) is 65.0 Å². The largest absolute Gasteiger partial charge is 1.00 e. The molecule has 0 rings (SSSR count). The molecule has 0 aromatic heterocycles. The van der Waals surface area contributed by atoms with Crippen molar-refractivity contribution < 1.29 is 39.0 Å². The predicted molar refractivity (Wildman–Crippen MR) is 90.1 cm³/mol. The number of nitrogens with zero attached hydrogens (tertiary/aromatic N) is 1. The van der Waals surface area contributed by atoms with Crippen LogP contribution in [0.2, 0.25) is 0 Å². The number of unbranched alkanes of at least 4 members (excludes halogenated alkanes) is 2. The van der Waals surface area contributed by atoms with Crippen molar-refractivity contribution in [1.29, 1.82) is 0 Å². The standard InChI is InChI=1S/C17H34N2O4.Li/c1-4-6-8-15(20)12-18-10-11-19(14(3)17(22)23)13-16(21)9-7-5-2;/h8,14,16,18,20-21H,4-7,9-13H2,1-3H3,(H,22,23);/q;+1/p-1/b15-8-;. The number of aliphatic hydroxyl groups is 1. The molecular weight excluding hydrogens is 303 g/mol. The van der Waals surface area contributed by atoms with E-state index in [1.54, 1.807) is 17.9 Å². The minimum Gasteiger partial charge on any atom is -0.875 e. The maximum Gasteiger partial charge on any atom is 1.00 e. The molecule has 136 valence electrons. The molecule has 0 fully saturated rings. The fourth-order valence-electron chi connectivity index (χ4n) is 2.21. The maximum absolute atomic E-state index is 11.5. The van der Waals surface area contributed by atoms with Crippen LogP contribution < -0.4 is 29.3 Å². The van der Waals surface area contributed by atoms with E-state index < -0.39 is 18.1 Å². The zero-order valence-corrected chi connectivity index (χ0v) is 15.8. The van der Waals surface area contributed by atoms with Crippen LogP contribution in [0.25, 0.3) is 0 Å². The number of aliphatic hydroxyl groups excluding tert-OH is 1. The van der Waals surface area contributed by atoms with E-state index in [1.165, 1.54) is 0 Å². The molecule has 0 heterocycles. The van der Waals surface area contributed by atoms with Crippen molar-refractivity contribution in [1.82, 2.24) is 10.2 Å². The van der Waals surface area contributed by atoms with E-state index in [0.29, 0.717) is 26.1 Å². The van der Waals surface area contributed by atoms with Crippen LogP contribution in [-0.4, -0.2) is 59.4 Å². The minimum absolute atomic E-state index is 0. The fourth-order valence-corrected chi connectivity index (χ4v) is 2.21. The van der Waals surface area contributed by atoms with E-state index >= 15 is 0 Å². The number of rotatable bonds is 14. The molecule has 0 aliphatic carbocycles. The second-order valence-electron chi connectivity index (χ2n) is 5.94. The number of hydrogen-bond acceptors (Lipinski definition) is 5. The van der Waals surface area contributed by atoms with Gasteiger partial charge in [0.1, 0.15) is 6.04 Å². The topological polar surface area (TPSA) is 95.9 Å². The van der Waals surface area contributed by atoms with Crippen LogP contribution in [0, 0.1) is 0 Å². The Kier molecular flexibility index (Phi) is 17.1. The van der Waals surface area contributed by atoms with Gasteiger partial charge in [0.15, 0.2) is 0 Å². The molecule has 7 heteroatoms. The SMILES string of the molecule is CCC/C=C(\[O-])CNCCN(CC(O)CCCC)C(C)C(=O)O.[Li+]. The summed E-state index contributed by atoms with van der Waals surface area (Å²) in [5, 5.41) is 33.7. The summed E-state index contributed by atoms with van der Waals surface area (Å²) in [6.45, 7) is 7.31. The number of carboxylic acids is 1. The molecule has 3 N–H and O–H groups in total. The maximum atomic E-state index is 11.5. The minimum atomic E-state index is -0.903. The molecule has 0 aliphatic heterocycles. The van der Waals surface area contributed by atoms with Crippen LogP contribution in [0.3, 0.4) is 0 Å². The van der Waals surface area contributed by atoms with Crippen molar-refractivity contribution in [3.8, 4) is 0 Å². The third-order valence-corrected chi connectivity index (χ3v) is 3.78. The van der Waals surface area contributed by atoms with Gasteiger partial charge in [0.2, 0.25) is 0 Å². The Morgan fingerprint density at radius 2 is 2.00 bits per heavy atom. The summed E-state index contributed by atoms with van der Waals surface area (Å²) in [6.07, 6.45) is 5.50. The second kappa shape index (κ2) is 16.0. The normalized spacial score (nSPS) is 14.3. The van der Waals surface area contributed by atoms with Crippen LogP contribution in [0.15, 0.2) is 11.8 Å². The molecule has 2 unspecified atom stereocenters. The molecule has 0 aromatic carbocycles. The van der Waals surface area contributed by atoms with E-state index in [-0.39, 0.29) is 31.2 Å². The van der Waals surface area contributed by atoms with Gasteiger partial charge in [-0.1, -0.05) is 39.2 Å². The molecule has 0 aromatic rings. The number of allylic oxidation sites excluding steroid dienone is 1. The number of carboxylic acid groups (broad SMARTS) is 1. The third-order valence-electron chi connectivity index (χ3n) is 3.78. The molecule has 0 radical (unpaired) electrons. The Morgan fingerprint density at radius 1 is 1.33 bits per heavy atom. The number of aliphatic carboxylic acids is 1.